The van der Waals surface area contributed by atoms with Gasteiger partial charge in [-0.1, -0.05) is 29.3 Å². The molecule has 0 radical (unpaired) electrons. The molecule has 2 aromatic rings. The Labute approximate surface area is 131 Å². The van der Waals surface area contributed by atoms with E-state index in [1.54, 1.807) is 24.3 Å². The summed E-state index contributed by atoms with van der Waals surface area (Å²) in [5, 5.41) is 12.4. The van der Waals surface area contributed by atoms with Crippen LogP contribution in [0, 0.1) is 11.3 Å². The number of carbonyl (C=O) groups is 1. The molecular formula is C15H10Cl2N2O2. The number of methoxy groups -OCH3 is 1. The van der Waals surface area contributed by atoms with Gasteiger partial charge < -0.3 is 10.1 Å². The van der Waals surface area contributed by atoms with E-state index in [0.717, 1.165) is 0 Å². The molecule has 0 aliphatic rings. The number of anilines is 1. The molecular weight excluding hydrogens is 311 g/mol. The van der Waals surface area contributed by atoms with Crippen molar-refractivity contribution < 1.29 is 9.53 Å². The molecule has 0 aliphatic heterocycles. The predicted molar refractivity (Wildman–Crippen MR) is 82.1 cm³/mol. The SMILES string of the molecule is COc1cccc(C#N)c1NC(=O)c1ccc(Cl)cc1Cl. The maximum atomic E-state index is 12.3. The van der Waals surface area contributed by atoms with Crippen LogP contribution >= 0.6 is 23.2 Å². The van der Waals surface area contributed by atoms with Crippen LogP contribution in [-0.4, -0.2) is 13.0 Å². The normalized spacial score (nSPS) is 9.81. The second-order valence-corrected chi connectivity index (χ2v) is 4.92. The Kier molecular flexibility index (Phi) is 4.69. The Balaban J connectivity index is 2.38. The number of hydrogen-bond acceptors (Lipinski definition) is 3. The quantitative estimate of drug-likeness (QED) is 0.925. The molecule has 2 aromatic carbocycles. The molecule has 0 spiro atoms. The zero-order valence-corrected chi connectivity index (χ0v) is 12.5. The fourth-order valence-electron chi connectivity index (χ4n) is 1.78. The number of ether oxygens (including phenoxy) is 1. The van der Waals surface area contributed by atoms with Crippen molar-refractivity contribution in [1.29, 1.82) is 5.26 Å². The minimum absolute atomic E-state index is 0.230. The van der Waals surface area contributed by atoms with Crippen LogP contribution in [0.2, 0.25) is 10.0 Å². The van der Waals surface area contributed by atoms with Crippen molar-refractivity contribution in [3.63, 3.8) is 0 Å². The number of nitrogens with one attached hydrogen (secondary N) is 1. The number of benzene rings is 2. The van der Waals surface area contributed by atoms with Crippen molar-refractivity contribution in [1.82, 2.24) is 0 Å². The lowest BCUT2D eigenvalue weighted by molar-refractivity contribution is 0.102. The largest absolute Gasteiger partial charge is 0.495 e. The fourth-order valence-corrected chi connectivity index (χ4v) is 2.27. The molecule has 0 bridgehead atoms. The Morgan fingerprint density at radius 3 is 2.67 bits per heavy atom. The molecule has 0 saturated heterocycles. The second-order valence-electron chi connectivity index (χ2n) is 4.07. The van der Waals surface area contributed by atoms with Crippen LogP contribution in [0.15, 0.2) is 36.4 Å². The van der Waals surface area contributed by atoms with E-state index in [-0.39, 0.29) is 10.6 Å². The molecule has 21 heavy (non-hydrogen) atoms. The van der Waals surface area contributed by atoms with E-state index in [1.807, 2.05) is 6.07 Å². The third-order valence-electron chi connectivity index (χ3n) is 2.78. The highest BCUT2D eigenvalue weighted by molar-refractivity contribution is 6.37. The van der Waals surface area contributed by atoms with Crippen molar-refractivity contribution in [2.24, 2.45) is 0 Å². The molecule has 1 amide bonds. The van der Waals surface area contributed by atoms with Crippen molar-refractivity contribution in [3.8, 4) is 11.8 Å². The number of amides is 1. The summed E-state index contributed by atoms with van der Waals surface area (Å²) in [6.07, 6.45) is 0. The van der Waals surface area contributed by atoms with Crippen LogP contribution in [-0.2, 0) is 0 Å². The van der Waals surface area contributed by atoms with Crippen LogP contribution in [0.25, 0.3) is 0 Å². The van der Waals surface area contributed by atoms with Gasteiger partial charge in [-0.2, -0.15) is 5.26 Å². The molecule has 2 rings (SSSR count). The van der Waals surface area contributed by atoms with Gasteiger partial charge in [-0.15, -0.1) is 0 Å². The van der Waals surface area contributed by atoms with E-state index in [2.05, 4.69) is 5.32 Å². The first-order valence-corrected chi connectivity index (χ1v) is 6.66. The van der Waals surface area contributed by atoms with Gasteiger partial charge in [-0.05, 0) is 30.3 Å². The first-order chi connectivity index (χ1) is 10.1. The van der Waals surface area contributed by atoms with Crippen molar-refractivity contribution in [3.05, 3.63) is 57.6 Å². The first-order valence-electron chi connectivity index (χ1n) is 5.90. The van der Waals surface area contributed by atoms with Crippen LogP contribution in [0.4, 0.5) is 5.69 Å². The van der Waals surface area contributed by atoms with Crippen LogP contribution in [0.5, 0.6) is 5.75 Å². The minimum Gasteiger partial charge on any atom is -0.495 e. The molecule has 0 unspecified atom stereocenters. The van der Waals surface area contributed by atoms with Gasteiger partial charge in [0.05, 0.1) is 23.3 Å². The highest BCUT2D eigenvalue weighted by Crippen LogP contribution is 2.29. The number of para-hydroxylation sites is 1. The smallest absolute Gasteiger partial charge is 0.257 e. The highest BCUT2D eigenvalue weighted by Gasteiger charge is 2.16. The Hall–Kier alpha value is -2.22. The topological polar surface area (TPSA) is 62.1 Å². The molecule has 0 atom stereocenters. The third-order valence-corrected chi connectivity index (χ3v) is 3.33. The number of rotatable bonds is 3. The number of carbonyl (C=O) groups excluding carboxylic acids is 1. The molecule has 0 fully saturated rings. The summed E-state index contributed by atoms with van der Waals surface area (Å²) in [6.45, 7) is 0. The van der Waals surface area contributed by atoms with Crippen molar-refractivity contribution >= 4 is 34.8 Å². The van der Waals surface area contributed by atoms with Gasteiger partial charge in [0.15, 0.2) is 0 Å². The van der Waals surface area contributed by atoms with E-state index >= 15 is 0 Å². The highest BCUT2D eigenvalue weighted by atomic mass is 35.5. The van der Waals surface area contributed by atoms with Gasteiger partial charge in [0.2, 0.25) is 0 Å². The fraction of sp³-hybridized carbons (Fsp3) is 0.0667. The number of hydrogen-bond donors (Lipinski definition) is 1. The van der Waals surface area contributed by atoms with Crippen molar-refractivity contribution in [2.45, 2.75) is 0 Å². The molecule has 0 aliphatic carbocycles. The Morgan fingerprint density at radius 1 is 1.29 bits per heavy atom. The van der Waals surface area contributed by atoms with Gasteiger partial charge in [0.1, 0.15) is 17.5 Å². The maximum absolute atomic E-state index is 12.3. The van der Waals surface area contributed by atoms with Gasteiger partial charge in [-0.3, -0.25) is 4.79 Å². The Morgan fingerprint density at radius 2 is 2.05 bits per heavy atom. The van der Waals surface area contributed by atoms with Crippen LogP contribution in [0.3, 0.4) is 0 Å². The minimum atomic E-state index is -0.447. The molecule has 6 heteroatoms. The van der Waals surface area contributed by atoms with E-state index in [0.29, 0.717) is 22.0 Å². The summed E-state index contributed by atoms with van der Waals surface area (Å²) in [5.41, 5.74) is 0.863. The van der Waals surface area contributed by atoms with E-state index in [4.69, 9.17) is 33.2 Å². The lowest BCUT2D eigenvalue weighted by atomic mass is 10.1. The molecule has 106 valence electrons. The molecule has 0 saturated carbocycles. The van der Waals surface area contributed by atoms with Crippen molar-refractivity contribution in [2.75, 3.05) is 12.4 Å². The lowest BCUT2D eigenvalue weighted by Gasteiger charge is -2.12. The molecule has 0 heterocycles. The first kappa shape index (κ1) is 15.2. The average Bonchev–Trinajstić information content (AvgIpc) is 2.47. The van der Waals surface area contributed by atoms with Gasteiger partial charge in [0, 0.05) is 5.02 Å². The van der Waals surface area contributed by atoms with Crippen LogP contribution < -0.4 is 10.1 Å². The summed E-state index contributed by atoms with van der Waals surface area (Å²) in [7, 11) is 1.46. The molecule has 4 nitrogen and oxygen atoms in total. The van der Waals surface area contributed by atoms with Gasteiger partial charge in [0.25, 0.3) is 5.91 Å². The molecule has 1 N–H and O–H groups in total. The standard InChI is InChI=1S/C15H10Cl2N2O2/c1-21-13-4-2-3-9(8-18)14(13)19-15(20)11-6-5-10(16)7-12(11)17/h2-7H,1H3,(H,19,20). The van der Waals surface area contributed by atoms with Crippen LogP contribution in [0.1, 0.15) is 15.9 Å². The van der Waals surface area contributed by atoms with Gasteiger partial charge in [-0.25, -0.2) is 0 Å². The Bertz CT molecular complexity index is 739. The lowest BCUT2D eigenvalue weighted by Crippen LogP contribution is -2.14. The van der Waals surface area contributed by atoms with Gasteiger partial charge >= 0.3 is 0 Å². The predicted octanol–water partition coefficient (Wildman–Crippen LogP) is 4.13. The van der Waals surface area contributed by atoms with E-state index in [9.17, 15) is 4.79 Å². The molecule has 0 aromatic heterocycles. The number of nitrogens with zero attached hydrogens (tertiary/aromatic N) is 1. The summed E-state index contributed by atoms with van der Waals surface area (Å²) in [4.78, 5) is 12.3. The van der Waals surface area contributed by atoms with E-state index < -0.39 is 5.91 Å². The second kappa shape index (κ2) is 6.49. The van der Waals surface area contributed by atoms with E-state index in [1.165, 1.54) is 19.2 Å². The summed E-state index contributed by atoms with van der Waals surface area (Å²) >= 11 is 11.8. The summed E-state index contributed by atoms with van der Waals surface area (Å²) in [6, 6.07) is 11.5. The summed E-state index contributed by atoms with van der Waals surface area (Å²) in [5.74, 6) is -0.0508. The zero-order valence-electron chi connectivity index (χ0n) is 11.0. The summed E-state index contributed by atoms with van der Waals surface area (Å²) < 4.78 is 5.15. The monoisotopic (exact) mass is 320 g/mol. The zero-order chi connectivity index (χ0) is 15.4. The number of nitriles is 1. The number of halogens is 2. The third kappa shape index (κ3) is 3.27. The average molecular weight is 321 g/mol. The maximum Gasteiger partial charge on any atom is 0.257 e.